The Morgan fingerprint density at radius 3 is 1.62 bits per heavy atom. The Morgan fingerprint density at radius 1 is 0.644 bits per heavy atom. The van der Waals surface area contributed by atoms with Crippen LogP contribution < -0.4 is 0 Å². The van der Waals surface area contributed by atoms with Gasteiger partial charge in [-0.3, -0.25) is 43.7 Å². The van der Waals surface area contributed by atoms with E-state index in [4.69, 9.17) is 72.4 Å². The molecule has 0 aromatic heterocycles. The average molecular weight is 1060 g/mol. The molecule has 5 rings (SSSR count). The van der Waals surface area contributed by atoms with Crippen molar-refractivity contribution in [1.82, 2.24) is 0 Å². The summed E-state index contributed by atoms with van der Waals surface area (Å²) >= 11 is 0. The van der Waals surface area contributed by atoms with E-state index in [1.807, 2.05) is 47.6 Å². The van der Waals surface area contributed by atoms with Crippen LogP contribution >= 0.6 is 0 Å². The summed E-state index contributed by atoms with van der Waals surface area (Å²) in [6.45, 7) is 25.2. The van der Waals surface area contributed by atoms with Crippen LogP contribution in [0.25, 0.3) is 5.32 Å². The molecule has 20 heteroatoms. The van der Waals surface area contributed by atoms with Crippen molar-refractivity contribution < 1.29 is 74.0 Å². The summed E-state index contributed by atoms with van der Waals surface area (Å²) in [5.74, 6) is -5.12. The predicted molar refractivity (Wildman–Crippen MR) is 262 cm³/mol. The van der Waals surface area contributed by atoms with E-state index in [0.717, 1.165) is 0 Å². The number of hydrogen-bond donors (Lipinski definition) is 0. The van der Waals surface area contributed by atoms with Crippen LogP contribution in [0.3, 0.4) is 0 Å². The molecule has 73 heavy (non-hydrogen) atoms. The zero-order valence-electron chi connectivity index (χ0n) is 44.6. The van der Waals surface area contributed by atoms with Crippen molar-refractivity contribution in [3.63, 3.8) is 0 Å². The van der Waals surface area contributed by atoms with E-state index in [0.29, 0.717) is 58.2 Å². The molecule has 0 aromatic carbocycles. The fourth-order valence-electron chi connectivity index (χ4n) is 12.1. The predicted octanol–water partition coefficient (Wildman–Crippen LogP) is 7.86. The first kappa shape index (κ1) is 62.9. The summed E-state index contributed by atoms with van der Waals surface area (Å²) in [7, 11) is 7.91. The fraction of sp³-hybridized carbons (Fsp3) is 0.660. The molecule has 398 valence electrons. The third kappa shape index (κ3) is 11.9. The van der Waals surface area contributed by atoms with Crippen LogP contribution in [-0.2, 0) is 74.0 Å². The molecule has 19 nitrogen and oxygen atoms in total. The van der Waals surface area contributed by atoms with Crippen molar-refractivity contribution in [3.8, 4) is 6.07 Å². The second kappa shape index (κ2) is 25.7. The summed E-state index contributed by atoms with van der Waals surface area (Å²) in [6, 6.07) is 1.47. The van der Waals surface area contributed by atoms with Gasteiger partial charge in [0.1, 0.15) is 0 Å². The third-order valence-electron chi connectivity index (χ3n) is 16.4. The Kier molecular flexibility index (Phi) is 22.1. The van der Waals surface area contributed by atoms with Gasteiger partial charge in [0.05, 0.1) is 72.8 Å². The van der Waals surface area contributed by atoms with E-state index in [9.17, 15) is 34.0 Å². The molecular weight excluding hydrogens is 986 g/mol. The van der Waals surface area contributed by atoms with Gasteiger partial charge in [-0.2, -0.15) is 11.0 Å². The Bertz CT molecular complexity index is 2420. The maximum Gasteiger partial charge on any atom is 3.00 e. The fourth-order valence-corrected chi connectivity index (χ4v) is 12.1. The first-order valence-corrected chi connectivity index (χ1v) is 23.8. The minimum Gasteiger partial charge on any atom is -0.682 e. The minimum atomic E-state index is -1.34. The van der Waals surface area contributed by atoms with Crippen LogP contribution in [0.15, 0.2) is 49.3 Å². The largest absolute Gasteiger partial charge is 3.00 e. The Hall–Kier alpha value is -6.17. The minimum absolute atomic E-state index is 0. The average Bonchev–Trinajstić information content (AvgIpc) is 3.98. The molecule has 1 saturated heterocycles. The zero-order valence-corrected chi connectivity index (χ0v) is 45.6. The molecule has 5 aliphatic rings. The number of ether oxygens (including phenoxy) is 6. The van der Waals surface area contributed by atoms with Gasteiger partial charge in [-0.1, -0.05) is 40.7 Å². The van der Waals surface area contributed by atoms with Crippen LogP contribution in [-0.4, -0.2) is 107 Å². The molecule has 0 saturated carbocycles. The monoisotopic (exact) mass is 1060 g/mol. The summed E-state index contributed by atoms with van der Waals surface area (Å²) in [5.41, 5.74) is -0.559. The molecule has 5 heterocycles. The summed E-state index contributed by atoms with van der Waals surface area (Å²) in [6.07, 6.45) is 2.68. The normalized spacial score (nSPS) is 31.8. The quantitative estimate of drug-likeness (QED) is 0.0761. The number of allylic oxidation sites excluding steroid dienone is 6. The number of hydrogen-bond acceptors (Lipinski definition) is 18. The van der Waals surface area contributed by atoms with Crippen molar-refractivity contribution in [2.75, 3.05) is 42.7 Å². The number of carbonyl (C=O) groups excluding carboxylic acids is 6. The van der Waals surface area contributed by atoms with E-state index < -0.39 is 86.8 Å². The van der Waals surface area contributed by atoms with Gasteiger partial charge in [-0.25, -0.2) is 0 Å². The number of fused-ring (bicyclic) bond motifs is 6. The number of aliphatic imine (C=N–C) groups is 3. The molecule has 8 bridgehead atoms. The number of methoxy groups -OCH3 is 6. The van der Waals surface area contributed by atoms with E-state index >= 15 is 0 Å². The first-order chi connectivity index (χ1) is 33.9. The van der Waals surface area contributed by atoms with Gasteiger partial charge in [0.15, 0.2) is 0 Å². The summed E-state index contributed by atoms with van der Waals surface area (Å²) in [5, 5.41) is 28.3. The molecule has 0 spiro atoms. The molecule has 9 unspecified atom stereocenters. The number of rotatable bonds is 17. The second-order valence-corrected chi connectivity index (χ2v) is 20.3. The van der Waals surface area contributed by atoms with Crippen LogP contribution in [0.2, 0.25) is 0 Å². The number of carbonyl (C=O) groups is 6. The maximum absolute atomic E-state index is 13.9. The Balaban J connectivity index is 0.00000356. The summed E-state index contributed by atoms with van der Waals surface area (Å²) in [4.78, 5) is 96.8. The molecule has 0 amide bonds. The standard InChI is InChI=1S/C51H70N5O12.2CN.Co/c1-28-42-31(17-20-37(58)64-10)47(3,4)35(54-42)25-34-30(16-19-36(57)63-9)49(6,26-40(61)67-13)45(53-34)29(2)43-32(18-21-38(59)65-11)50(7,27-41(62)68-14)51(8,56-43)46-33(24-39(60)66-12)48(5,22-15-23-52)44(28)55-46;2*1-2;/h25,30-33,46H,15-22,24,26-27H2,1-14H3;;;/q3*-1;+3. The van der Waals surface area contributed by atoms with Gasteiger partial charge < -0.3 is 57.4 Å². The van der Waals surface area contributed by atoms with Crippen molar-refractivity contribution in [3.05, 3.63) is 52.8 Å². The molecule has 0 radical (unpaired) electrons. The molecule has 5 aliphatic heterocycles. The molecule has 0 N–H and O–H groups in total. The van der Waals surface area contributed by atoms with Crippen LogP contribution in [0.4, 0.5) is 0 Å². The molecule has 0 aromatic rings. The Morgan fingerprint density at radius 2 is 1.12 bits per heavy atom. The van der Waals surface area contributed by atoms with E-state index in [1.165, 1.54) is 42.7 Å². The molecule has 0 aliphatic carbocycles. The molecule has 1 fully saturated rings. The topological polar surface area (TPSA) is 280 Å². The number of nitriles is 1. The number of esters is 6. The summed E-state index contributed by atoms with van der Waals surface area (Å²) < 4.78 is 31.5. The van der Waals surface area contributed by atoms with E-state index in [-0.39, 0.29) is 80.5 Å². The second-order valence-electron chi connectivity index (χ2n) is 20.3. The van der Waals surface area contributed by atoms with Crippen molar-refractivity contribution >= 4 is 53.0 Å². The van der Waals surface area contributed by atoms with Gasteiger partial charge in [0.25, 0.3) is 0 Å². The molecular formula is C53H70CoN7O12. The van der Waals surface area contributed by atoms with Gasteiger partial charge in [-0.15, -0.1) is 0 Å². The van der Waals surface area contributed by atoms with Gasteiger partial charge in [0, 0.05) is 88.9 Å². The van der Waals surface area contributed by atoms with Crippen molar-refractivity contribution in [2.45, 2.75) is 138 Å². The van der Waals surface area contributed by atoms with Crippen molar-refractivity contribution in [2.24, 2.45) is 60.3 Å². The van der Waals surface area contributed by atoms with E-state index in [1.54, 1.807) is 0 Å². The smallest absolute Gasteiger partial charge is 0.682 e. The maximum atomic E-state index is 13.9. The third-order valence-corrected chi connectivity index (χ3v) is 16.4. The SMILES string of the molecule is COC(=O)CCC1C2=NC(=C\C3=NC(=C(/C)C4=NC(C)(C5[N-]/C(=C\2C)C(C)(CCC#N)C5CC(=O)OC)C(C)(CC(=O)OC)C4CCC(=O)OC)/C(C)(CC(=O)OC)C3CCC(=O)OC)/C1(C)C.[C-]#N.[C-]#N.[Co+3]. The van der Waals surface area contributed by atoms with Crippen LogP contribution in [0, 0.1) is 80.3 Å². The first-order valence-electron chi connectivity index (χ1n) is 23.8. The van der Waals surface area contributed by atoms with Crippen LogP contribution in [0.5, 0.6) is 0 Å². The Labute approximate surface area is 440 Å². The zero-order chi connectivity index (χ0) is 54.7. The number of nitrogens with zero attached hydrogens (tertiary/aromatic N) is 7. The van der Waals surface area contributed by atoms with Gasteiger partial charge in [-0.05, 0) is 75.0 Å². The van der Waals surface area contributed by atoms with Gasteiger partial charge >= 0.3 is 52.6 Å². The molecule has 9 atom stereocenters. The van der Waals surface area contributed by atoms with Gasteiger partial charge in [0.2, 0.25) is 0 Å². The van der Waals surface area contributed by atoms with E-state index in [2.05, 4.69) is 19.9 Å². The van der Waals surface area contributed by atoms with Crippen LogP contribution in [0.1, 0.15) is 126 Å². The van der Waals surface area contributed by atoms with Crippen molar-refractivity contribution in [1.29, 1.82) is 15.8 Å².